The molecule has 0 radical (unpaired) electrons. The molecule has 7 nitrogen and oxygen atoms in total. The largest absolute Gasteiger partial charge is 0.465 e. The molecule has 0 bridgehead atoms. The second-order valence-electron chi connectivity index (χ2n) is 5.75. The third-order valence-electron chi connectivity index (χ3n) is 4.06. The summed E-state index contributed by atoms with van der Waals surface area (Å²) >= 11 is 0. The second kappa shape index (κ2) is 8.20. The number of urea groups is 1. The van der Waals surface area contributed by atoms with Gasteiger partial charge in [0.05, 0.1) is 25.1 Å². The summed E-state index contributed by atoms with van der Waals surface area (Å²) in [6, 6.07) is 8.67. The summed E-state index contributed by atoms with van der Waals surface area (Å²) in [7, 11) is 1.90. The zero-order valence-corrected chi connectivity index (χ0v) is 14.4. The topological polar surface area (TPSA) is 94.5 Å². The lowest BCUT2D eigenvalue weighted by atomic mass is 9.89. The summed E-state index contributed by atoms with van der Waals surface area (Å²) in [5.74, 6) is -1.12. The van der Waals surface area contributed by atoms with Gasteiger partial charge >= 0.3 is 12.0 Å². The Bertz CT molecular complexity index is 693. The molecule has 0 unspecified atom stereocenters. The predicted octanol–water partition coefficient (Wildman–Crippen LogP) is 2.08. The van der Waals surface area contributed by atoms with Crippen molar-refractivity contribution in [1.82, 2.24) is 10.6 Å². The molecule has 2 amide bonds. The number of hydrogen-bond acceptors (Lipinski definition) is 5. The van der Waals surface area contributed by atoms with Crippen LogP contribution in [0.3, 0.4) is 0 Å². The summed E-state index contributed by atoms with van der Waals surface area (Å²) in [6.45, 7) is 6.41. The number of rotatable bonds is 6. The fourth-order valence-corrected chi connectivity index (χ4v) is 2.75. The van der Waals surface area contributed by atoms with E-state index in [1.165, 1.54) is 0 Å². The average molecular weight is 342 g/mol. The van der Waals surface area contributed by atoms with Crippen LogP contribution in [0.1, 0.15) is 24.9 Å². The summed E-state index contributed by atoms with van der Waals surface area (Å²) in [5.41, 5.74) is 2.06. The Balaban J connectivity index is 2.23. The van der Waals surface area contributed by atoms with Crippen LogP contribution in [0.2, 0.25) is 0 Å². The van der Waals surface area contributed by atoms with Gasteiger partial charge in [-0.05, 0) is 24.6 Å². The van der Waals surface area contributed by atoms with Crippen LogP contribution in [-0.4, -0.2) is 32.2 Å². The number of esters is 1. The highest BCUT2D eigenvalue weighted by Gasteiger charge is 2.38. The van der Waals surface area contributed by atoms with Crippen LogP contribution in [0.15, 0.2) is 36.5 Å². The third-order valence-corrected chi connectivity index (χ3v) is 4.06. The van der Waals surface area contributed by atoms with Gasteiger partial charge in [0.1, 0.15) is 5.92 Å². The third kappa shape index (κ3) is 4.29. The lowest BCUT2D eigenvalue weighted by Gasteiger charge is -2.33. The molecular formula is C18H22N4O3. The molecule has 2 N–H and O–H groups in total. The predicted molar refractivity (Wildman–Crippen MR) is 93.6 cm³/mol. The molecule has 0 aromatic heterocycles. The normalized spacial score (nSPS) is 19.4. The molecule has 0 saturated carbocycles. The molecule has 1 aromatic carbocycles. The average Bonchev–Trinajstić information content (AvgIpc) is 2.59. The highest BCUT2D eigenvalue weighted by atomic mass is 16.5. The van der Waals surface area contributed by atoms with Gasteiger partial charge in [-0.3, -0.25) is 4.79 Å². The van der Waals surface area contributed by atoms with E-state index in [9.17, 15) is 9.59 Å². The molecule has 7 heteroatoms. The molecule has 0 spiro atoms. The Labute approximate surface area is 147 Å². The zero-order chi connectivity index (χ0) is 18.4. The summed E-state index contributed by atoms with van der Waals surface area (Å²) in [5, 5.41) is 14.0. The van der Waals surface area contributed by atoms with Crippen LogP contribution >= 0.6 is 0 Å². The molecule has 2 rings (SSSR count). The number of nitrogens with zero attached hydrogens (tertiary/aromatic N) is 2. The van der Waals surface area contributed by atoms with E-state index in [4.69, 9.17) is 10.00 Å². The van der Waals surface area contributed by atoms with E-state index in [2.05, 4.69) is 23.3 Å². The highest BCUT2D eigenvalue weighted by molar-refractivity contribution is 5.85. The summed E-state index contributed by atoms with van der Waals surface area (Å²) in [6.07, 6.45) is 0.438. The van der Waals surface area contributed by atoms with Gasteiger partial charge in [-0.2, -0.15) is 5.26 Å². The molecule has 1 aliphatic rings. The number of benzene rings is 1. The fraction of sp³-hybridized carbons (Fsp3) is 0.389. The molecule has 25 heavy (non-hydrogen) atoms. The molecule has 1 heterocycles. The van der Waals surface area contributed by atoms with Crippen molar-refractivity contribution in [1.29, 1.82) is 5.26 Å². The van der Waals surface area contributed by atoms with Crippen molar-refractivity contribution in [2.24, 2.45) is 5.92 Å². The first-order valence-electron chi connectivity index (χ1n) is 8.09. The van der Waals surface area contributed by atoms with Gasteiger partial charge in [-0.25, -0.2) is 4.79 Å². The van der Waals surface area contributed by atoms with E-state index in [-0.39, 0.29) is 6.61 Å². The molecule has 132 valence electrons. The van der Waals surface area contributed by atoms with Gasteiger partial charge in [-0.1, -0.05) is 18.7 Å². The molecule has 2 atom stereocenters. The van der Waals surface area contributed by atoms with Gasteiger partial charge in [-0.15, -0.1) is 0 Å². The number of hydrogen-bond donors (Lipinski definition) is 2. The van der Waals surface area contributed by atoms with Crippen molar-refractivity contribution in [2.75, 3.05) is 25.1 Å². The standard InChI is InChI=1S/C18H22N4O3/c1-4-25-17(23)15-12(2)20-18(24)21-16(15)13-6-8-14(9-7-13)22(3)11-5-10-19/h6-9,15-16H,2,4-5,11H2,1,3H3,(H2,20,21,24)/t15-,16+/m0/s1. The monoisotopic (exact) mass is 342 g/mol. The first-order chi connectivity index (χ1) is 12.0. The molecule has 1 saturated heterocycles. The maximum Gasteiger partial charge on any atom is 0.319 e. The van der Waals surface area contributed by atoms with Crippen LogP contribution < -0.4 is 15.5 Å². The van der Waals surface area contributed by atoms with E-state index in [0.29, 0.717) is 18.7 Å². The number of carbonyl (C=O) groups excluding carboxylic acids is 2. The fourth-order valence-electron chi connectivity index (χ4n) is 2.75. The van der Waals surface area contributed by atoms with Crippen LogP contribution in [-0.2, 0) is 9.53 Å². The Kier molecular flexibility index (Phi) is 6.01. The van der Waals surface area contributed by atoms with E-state index >= 15 is 0 Å². The zero-order valence-electron chi connectivity index (χ0n) is 14.4. The van der Waals surface area contributed by atoms with Crippen molar-refractivity contribution >= 4 is 17.7 Å². The van der Waals surface area contributed by atoms with Gasteiger partial charge in [0, 0.05) is 25.0 Å². The Morgan fingerprint density at radius 2 is 2.08 bits per heavy atom. The first kappa shape index (κ1) is 18.3. The van der Waals surface area contributed by atoms with Crippen LogP contribution in [0.4, 0.5) is 10.5 Å². The van der Waals surface area contributed by atoms with Crippen LogP contribution in [0.5, 0.6) is 0 Å². The van der Waals surface area contributed by atoms with E-state index in [1.54, 1.807) is 6.92 Å². The maximum absolute atomic E-state index is 12.3. The van der Waals surface area contributed by atoms with E-state index in [1.807, 2.05) is 36.2 Å². The Morgan fingerprint density at radius 3 is 2.68 bits per heavy atom. The maximum atomic E-state index is 12.3. The number of anilines is 1. The van der Waals surface area contributed by atoms with Crippen molar-refractivity contribution in [3.05, 3.63) is 42.1 Å². The van der Waals surface area contributed by atoms with Crippen LogP contribution in [0, 0.1) is 17.2 Å². The number of ether oxygens (including phenoxy) is 1. The minimum Gasteiger partial charge on any atom is -0.465 e. The highest BCUT2D eigenvalue weighted by Crippen LogP contribution is 2.31. The van der Waals surface area contributed by atoms with Gasteiger partial charge < -0.3 is 20.3 Å². The summed E-state index contributed by atoms with van der Waals surface area (Å²) in [4.78, 5) is 26.0. The minimum absolute atomic E-state index is 0.256. The van der Waals surface area contributed by atoms with Crippen LogP contribution in [0.25, 0.3) is 0 Å². The molecule has 1 aliphatic heterocycles. The molecule has 1 aromatic rings. The Hall–Kier alpha value is -3.01. The Morgan fingerprint density at radius 1 is 1.40 bits per heavy atom. The lowest BCUT2D eigenvalue weighted by Crippen LogP contribution is -2.51. The van der Waals surface area contributed by atoms with Gasteiger partial charge in [0.2, 0.25) is 0 Å². The SMILES string of the molecule is C=C1NC(=O)N[C@H](c2ccc(N(C)CCC#N)cc2)[C@H]1C(=O)OCC. The van der Waals surface area contributed by atoms with Crippen molar-refractivity contribution in [3.63, 3.8) is 0 Å². The number of nitrogens with one attached hydrogen (secondary N) is 2. The minimum atomic E-state index is -0.695. The second-order valence-corrected chi connectivity index (χ2v) is 5.75. The van der Waals surface area contributed by atoms with E-state index in [0.717, 1.165) is 11.3 Å². The number of amides is 2. The molecule has 1 fully saturated rings. The lowest BCUT2D eigenvalue weighted by molar-refractivity contribution is -0.147. The first-order valence-corrected chi connectivity index (χ1v) is 8.09. The van der Waals surface area contributed by atoms with Crippen molar-refractivity contribution < 1.29 is 14.3 Å². The van der Waals surface area contributed by atoms with Gasteiger partial charge in [0.15, 0.2) is 0 Å². The van der Waals surface area contributed by atoms with Crippen molar-refractivity contribution in [3.8, 4) is 6.07 Å². The summed E-state index contributed by atoms with van der Waals surface area (Å²) < 4.78 is 5.12. The molecular weight excluding hydrogens is 320 g/mol. The van der Waals surface area contributed by atoms with Gasteiger partial charge in [0.25, 0.3) is 0 Å². The number of nitriles is 1. The smallest absolute Gasteiger partial charge is 0.319 e. The molecule has 0 aliphatic carbocycles. The van der Waals surface area contributed by atoms with E-state index < -0.39 is 24.0 Å². The number of carbonyl (C=O) groups is 2. The quantitative estimate of drug-likeness (QED) is 0.772. The van der Waals surface area contributed by atoms with Crippen molar-refractivity contribution in [2.45, 2.75) is 19.4 Å².